The van der Waals surface area contributed by atoms with Crippen LogP contribution in [0.15, 0.2) is 35.8 Å². The molecule has 2 heterocycles. The van der Waals surface area contributed by atoms with E-state index >= 15 is 0 Å². The lowest BCUT2D eigenvalue weighted by atomic mass is 10.1. The fourth-order valence-electron chi connectivity index (χ4n) is 2.01. The van der Waals surface area contributed by atoms with Crippen LogP contribution in [0.2, 0.25) is 0 Å². The predicted molar refractivity (Wildman–Crippen MR) is 70.7 cm³/mol. The van der Waals surface area contributed by atoms with Crippen LogP contribution in [0.3, 0.4) is 0 Å². The largest absolute Gasteiger partial charge is 0.481 e. The van der Waals surface area contributed by atoms with E-state index in [-0.39, 0.29) is 6.42 Å². The van der Waals surface area contributed by atoms with Crippen LogP contribution in [0.4, 0.5) is 0 Å². The summed E-state index contributed by atoms with van der Waals surface area (Å²) in [5.41, 5.74) is 2.53. The second kappa shape index (κ2) is 4.27. The minimum atomic E-state index is -0.850. The highest BCUT2D eigenvalue weighted by molar-refractivity contribution is 7.17. The number of thiophene rings is 1. The van der Waals surface area contributed by atoms with E-state index in [1.54, 1.807) is 17.5 Å². The van der Waals surface area contributed by atoms with Gasteiger partial charge in [0, 0.05) is 26.6 Å². The summed E-state index contributed by atoms with van der Waals surface area (Å²) in [6.07, 6.45) is 1.56. The Morgan fingerprint density at radius 1 is 1.39 bits per heavy atom. The maximum Gasteiger partial charge on any atom is 0.307 e. The van der Waals surface area contributed by atoms with Gasteiger partial charge in [-0.05, 0) is 6.07 Å². The maximum atomic E-state index is 10.8. The van der Waals surface area contributed by atoms with Crippen molar-refractivity contribution < 1.29 is 9.90 Å². The van der Waals surface area contributed by atoms with Crippen molar-refractivity contribution in [2.24, 2.45) is 0 Å². The van der Waals surface area contributed by atoms with Crippen molar-refractivity contribution in [1.29, 1.82) is 0 Å². The van der Waals surface area contributed by atoms with E-state index in [1.165, 1.54) is 4.70 Å². The van der Waals surface area contributed by atoms with E-state index in [0.29, 0.717) is 5.56 Å². The van der Waals surface area contributed by atoms with Crippen molar-refractivity contribution in [2.45, 2.75) is 6.42 Å². The first kappa shape index (κ1) is 11.0. The molecule has 0 fully saturated rings. The molecule has 18 heavy (non-hydrogen) atoms. The molecular weight excluding hydrogens is 248 g/mol. The fourth-order valence-corrected chi connectivity index (χ4v) is 2.96. The van der Waals surface area contributed by atoms with Crippen molar-refractivity contribution >= 4 is 27.4 Å². The van der Waals surface area contributed by atoms with Gasteiger partial charge in [-0.25, -0.2) is 0 Å². The van der Waals surface area contributed by atoms with Crippen molar-refractivity contribution in [1.82, 2.24) is 10.2 Å². The average molecular weight is 258 g/mol. The van der Waals surface area contributed by atoms with Gasteiger partial charge >= 0.3 is 5.97 Å². The molecule has 4 nitrogen and oxygen atoms in total. The summed E-state index contributed by atoms with van der Waals surface area (Å²) >= 11 is 1.64. The van der Waals surface area contributed by atoms with Gasteiger partial charge in [0.05, 0.1) is 18.3 Å². The molecule has 90 valence electrons. The molecule has 3 rings (SSSR count). The first-order valence-corrected chi connectivity index (χ1v) is 6.34. The number of aromatic amines is 1. The van der Waals surface area contributed by atoms with Crippen molar-refractivity contribution in [3.05, 3.63) is 41.4 Å². The number of fused-ring (bicyclic) bond motifs is 1. The molecule has 2 N–H and O–H groups in total. The molecule has 3 aromatic rings. The summed E-state index contributed by atoms with van der Waals surface area (Å²) in [4.78, 5) is 10.8. The number of carboxylic acids is 1. The summed E-state index contributed by atoms with van der Waals surface area (Å²) in [7, 11) is 0. The van der Waals surface area contributed by atoms with Gasteiger partial charge < -0.3 is 5.11 Å². The molecular formula is C13H10N2O2S. The smallest absolute Gasteiger partial charge is 0.307 e. The van der Waals surface area contributed by atoms with Crippen LogP contribution in [0.1, 0.15) is 5.56 Å². The minimum Gasteiger partial charge on any atom is -0.481 e. The number of aliphatic carboxylic acids is 1. The molecule has 0 aliphatic rings. The van der Waals surface area contributed by atoms with Crippen LogP contribution in [0.5, 0.6) is 0 Å². The average Bonchev–Trinajstić information content (AvgIpc) is 2.94. The Balaban J connectivity index is 2.15. The summed E-state index contributed by atoms with van der Waals surface area (Å²) < 4.78 is 1.18. The summed E-state index contributed by atoms with van der Waals surface area (Å²) in [5.74, 6) is -0.850. The molecule has 0 amide bonds. The second-order valence-corrected chi connectivity index (χ2v) is 4.90. The Morgan fingerprint density at radius 3 is 3.06 bits per heavy atom. The number of aromatic nitrogens is 2. The predicted octanol–water partition coefficient (Wildman–Crippen LogP) is 2.92. The van der Waals surface area contributed by atoms with E-state index < -0.39 is 5.97 Å². The molecule has 0 spiro atoms. The second-order valence-electron chi connectivity index (χ2n) is 3.99. The quantitative estimate of drug-likeness (QED) is 0.759. The number of H-pyrrole nitrogens is 1. The third-order valence-corrected chi connectivity index (χ3v) is 3.77. The maximum absolute atomic E-state index is 10.8. The number of nitrogens with zero attached hydrogens (tertiary/aromatic N) is 1. The molecule has 0 unspecified atom stereocenters. The zero-order valence-electron chi connectivity index (χ0n) is 9.38. The van der Waals surface area contributed by atoms with Crippen molar-refractivity contribution in [3.63, 3.8) is 0 Å². The standard InChI is InChI=1S/C13H10N2O2S/c16-12(17)5-8-6-14-15-13(8)10-7-18-11-4-2-1-3-9(10)11/h1-4,6-7H,5H2,(H,14,15)(H,16,17). The Hall–Kier alpha value is -2.14. The molecule has 1 aromatic carbocycles. The minimum absolute atomic E-state index is 0.0179. The first-order chi connectivity index (χ1) is 8.75. The monoisotopic (exact) mass is 258 g/mol. The third kappa shape index (κ3) is 1.78. The van der Waals surface area contributed by atoms with Gasteiger partial charge in [-0.1, -0.05) is 18.2 Å². The van der Waals surface area contributed by atoms with Crippen LogP contribution < -0.4 is 0 Å². The van der Waals surface area contributed by atoms with E-state index in [0.717, 1.165) is 16.6 Å². The zero-order chi connectivity index (χ0) is 12.5. The van der Waals surface area contributed by atoms with Crippen LogP contribution >= 0.6 is 11.3 Å². The van der Waals surface area contributed by atoms with E-state index in [2.05, 4.69) is 16.3 Å². The SMILES string of the molecule is O=C(O)Cc1cn[nH]c1-c1csc2ccccc12. The van der Waals surface area contributed by atoms with Gasteiger partial charge in [-0.3, -0.25) is 9.89 Å². The van der Waals surface area contributed by atoms with Gasteiger partial charge in [0.25, 0.3) is 0 Å². The van der Waals surface area contributed by atoms with Gasteiger partial charge in [-0.15, -0.1) is 11.3 Å². The van der Waals surface area contributed by atoms with Gasteiger partial charge in [0.2, 0.25) is 0 Å². The third-order valence-electron chi connectivity index (χ3n) is 2.81. The Bertz CT molecular complexity index is 714. The van der Waals surface area contributed by atoms with Crippen LogP contribution in [0, 0.1) is 0 Å². The van der Waals surface area contributed by atoms with Crippen LogP contribution in [-0.2, 0) is 11.2 Å². The number of carboxylic acid groups (broad SMARTS) is 1. The highest BCUT2D eigenvalue weighted by atomic mass is 32.1. The topological polar surface area (TPSA) is 66.0 Å². The van der Waals surface area contributed by atoms with Gasteiger partial charge in [0.15, 0.2) is 0 Å². The summed E-state index contributed by atoms with van der Waals surface area (Å²) in [5, 5.41) is 18.9. The van der Waals surface area contributed by atoms with Gasteiger partial charge in [0.1, 0.15) is 0 Å². The molecule has 0 atom stereocenters. The lowest BCUT2D eigenvalue weighted by Gasteiger charge is -1.99. The number of rotatable bonds is 3. The molecule has 0 saturated carbocycles. The van der Waals surface area contributed by atoms with Gasteiger partial charge in [-0.2, -0.15) is 5.10 Å². The molecule has 5 heteroatoms. The molecule has 2 aromatic heterocycles. The Kier molecular flexibility index (Phi) is 2.60. The lowest BCUT2D eigenvalue weighted by molar-refractivity contribution is -0.136. The number of benzene rings is 1. The number of hydrogen-bond acceptors (Lipinski definition) is 3. The lowest BCUT2D eigenvalue weighted by Crippen LogP contribution is -2.00. The zero-order valence-corrected chi connectivity index (χ0v) is 10.2. The number of nitrogens with one attached hydrogen (secondary N) is 1. The van der Waals surface area contributed by atoms with Crippen LogP contribution in [0.25, 0.3) is 21.3 Å². The van der Waals surface area contributed by atoms with E-state index in [9.17, 15) is 4.79 Å². The summed E-state index contributed by atoms with van der Waals surface area (Å²) in [6.45, 7) is 0. The molecule has 0 saturated heterocycles. The van der Waals surface area contributed by atoms with E-state index in [4.69, 9.17) is 5.11 Å². The normalized spacial score (nSPS) is 10.9. The molecule has 0 radical (unpaired) electrons. The number of hydrogen-bond donors (Lipinski definition) is 2. The highest BCUT2D eigenvalue weighted by Crippen LogP contribution is 2.34. The number of carbonyl (C=O) groups is 1. The molecule has 0 aliphatic heterocycles. The molecule has 0 aliphatic carbocycles. The Labute approximate surface area is 107 Å². The molecule has 0 bridgehead atoms. The highest BCUT2D eigenvalue weighted by Gasteiger charge is 2.14. The van der Waals surface area contributed by atoms with E-state index in [1.807, 2.05) is 23.6 Å². The fraction of sp³-hybridized carbons (Fsp3) is 0.0769. The van der Waals surface area contributed by atoms with Crippen molar-refractivity contribution in [3.8, 4) is 11.3 Å². The van der Waals surface area contributed by atoms with Crippen LogP contribution in [-0.4, -0.2) is 21.3 Å². The Morgan fingerprint density at radius 2 is 2.22 bits per heavy atom. The van der Waals surface area contributed by atoms with Crippen molar-refractivity contribution in [2.75, 3.05) is 0 Å². The first-order valence-electron chi connectivity index (χ1n) is 5.46. The summed E-state index contributed by atoms with van der Waals surface area (Å²) in [6, 6.07) is 8.06.